The Hall–Kier alpha value is -2.41. The first kappa shape index (κ1) is 21.3. The lowest BCUT2D eigenvalue weighted by Crippen LogP contribution is -2.34. The lowest BCUT2D eigenvalue weighted by atomic mass is 10.2. The summed E-state index contributed by atoms with van der Waals surface area (Å²) in [5, 5.41) is 2.99. The molecule has 1 aromatic heterocycles. The summed E-state index contributed by atoms with van der Waals surface area (Å²) in [4.78, 5) is 34.5. The summed E-state index contributed by atoms with van der Waals surface area (Å²) < 4.78 is 1.71. The molecule has 1 N–H and O–H groups in total. The number of para-hydroxylation sites is 2. The predicted molar refractivity (Wildman–Crippen MR) is 117 cm³/mol. The van der Waals surface area contributed by atoms with Crippen LogP contribution in [0.2, 0.25) is 0 Å². The monoisotopic (exact) mass is 399 g/mol. The van der Waals surface area contributed by atoms with E-state index in [4.69, 9.17) is 0 Å². The molecule has 1 aliphatic heterocycles. The first-order chi connectivity index (χ1) is 14.1. The minimum atomic E-state index is -0.0973. The number of aromatic nitrogens is 2. The Kier molecular flexibility index (Phi) is 7.63. The molecule has 1 fully saturated rings. The van der Waals surface area contributed by atoms with Crippen LogP contribution in [-0.4, -0.2) is 59.6 Å². The normalized spacial score (nSPS) is 14.1. The van der Waals surface area contributed by atoms with Crippen LogP contribution >= 0.6 is 0 Å². The van der Waals surface area contributed by atoms with Gasteiger partial charge in [-0.25, -0.2) is 4.98 Å². The van der Waals surface area contributed by atoms with Crippen LogP contribution in [0.15, 0.2) is 29.1 Å². The highest BCUT2D eigenvalue weighted by atomic mass is 16.2. The average molecular weight is 400 g/mol. The van der Waals surface area contributed by atoms with Crippen LogP contribution in [0.3, 0.4) is 0 Å². The molecule has 29 heavy (non-hydrogen) atoms. The number of nitrogens with one attached hydrogen (secondary N) is 1. The Labute approximate surface area is 172 Å². The highest BCUT2D eigenvalue weighted by Gasteiger charge is 2.20. The Morgan fingerprint density at radius 2 is 1.90 bits per heavy atom. The van der Waals surface area contributed by atoms with Gasteiger partial charge in [0.2, 0.25) is 5.91 Å². The second kappa shape index (κ2) is 10.4. The molecule has 0 bridgehead atoms. The number of amides is 1. The Bertz CT molecular complexity index is 869. The number of aryl methyl sites for hydroxylation is 1. The van der Waals surface area contributed by atoms with Gasteiger partial charge in [-0.2, -0.15) is 0 Å². The molecule has 0 radical (unpaired) electrons. The summed E-state index contributed by atoms with van der Waals surface area (Å²) in [6, 6.07) is 7.67. The summed E-state index contributed by atoms with van der Waals surface area (Å²) >= 11 is 0. The van der Waals surface area contributed by atoms with Crippen molar-refractivity contribution >= 4 is 22.8 Å². The van der Waals surface area contributed by atoms with Gasteiger partial charge in [-0.05, 0) is 51.0 Å². The fourth-order valence-corrected chi connectivity index (χ4v) is 3.91. The molecule has 0 unspecified atom stereocenters. The second-order valence-corrected chi connectivity index (χ2v) is 7.56. The van der Waals surface area contributed by atoms with Crippen molar-refractivity contribution in [3.63, 3.8) is 0 Å². The van der Waals surface area contributed by atoms with E-state index in [-0.39, 0.29) is 11.5 Å². The second-order valence-electron chi connectivity index (χ2n) is 7.56. The fourth-order valence-electron chi connectivity index (χ4n) is 3.91. The molecule has 2 heterocycles. The first-order valence-corrected chi connectivity index (χ1v) is 10.9. The van der Waals surface area contributed by atoms with Crippen LogP contribution in [0.5, 0.6) is 0 Å². The van der Waals surface area contributed by atoms with Crippen molar-refractivity contribution in [2.75, 3.05) is 44.2 Å². The standard InChI is InChI=1S/C22H33N5O2/c1-3-25(4-2)14-9-13-23-20(28)12-17-27-19-11-6-5-10-18(19)24-21(22(27)29)26-15-7-8-16-26/h5-6,10-11H,3-4,7-9,12-17H2,1-2H3,(H,23,28). The first-order valence-electron chi connectivity index (χ1n) is 10.9. The van der Waals surface area contributed by atoms with Crippen molar-refractivity contribution in [2.45, 2.75) is 46.1 Å². The van der Waals surface area contributed by atoms with Gasteiger partial charge in [-0.15, -0.1) is 0 Å². The van der Waals surface area contributed by atoms with E-state index >= 15 is 0 Å². The Morgan fingerprint density at radius 1 is 1.17 bits per heavy atom. The van der Waals surface area contributed by atoms with Gasteiger partial charge >= 0.3 is 0 Å². The van der Waals surface area contributed by atoms with Crippen molar-refractivity contribution in [1.29, 1.82) is 0 Å². The van der Waals surface area contributed by atoms with Crippen molar-refractivity contribution in [2.24, 2.45) is 0 Å². The summed E-state index contributed by atoms with van der Waals surface area (Å²) in [7, 11) is 0. The van der Waals surface area contributed by atoms with Gasteiger partial charge in [-0.1, -0.05) is 26.0 Å². The van der Waals surface area contributed by atoms with Crippen LogP contribution in [0.1, 0.15) is 39.5 Å². The van der Waals surface area contributed by atoms with E-state index in [2.05, 4.69) is 33.9 Å². The maximum atomic E-state index is 13.1. The fraction of sp³-hybridized carbons (Fsp3) is 0.591. The van der Waals surface area contributed by atoms with E-state index in [9.17, 15) is 9.59 Å². The van der Waals surface area contributed by atoms with Crippen LogP contribution in [0.4, 0.5) is 5.82 Å². The number of anilines is 1. The molecule has 158 valence electrons. The molecule has 1 saturated heterocycles. The highest BCUT2D eigenvalue weighted by Crippen LogP contribution is 2.18. The van der Waals surface area contributed by atoms with Gasteiger partial charge in [0.25, 0.3) is 5.56 Å². The Balaban J connectivity index is 1.65. The summed E-state index contributed by atoms with van der Waals surface area (Å²) in [6.45, 7) is 10.1. The largest absolute Gasteiger partial charge is 0.356 e. The molecule has 1 aromatic carbocycles. The zero-order valence-electron chi connectivity index (χ0n) is 17.7. The number of benzene rings is 1. The maximum Gasteiger partial charge on any atom is 0.294 e. The van der Waals surface area contributed by atoms with Crippen molar-refractivity contribution < 1.29 is 4.79 Å². The van der Waals surface area contributed by atoms with Crippen LogP contribution in [0.25, 0.3) is 11.0 Å². The van der Waals surface area contributed by atoms with E-state index in [0.717, 1.165) is 63.0 Å². The van der Waals surface area contributed by atoms with Crippen molar-refractivity contribution in [3.05, 3.63) is 34.6 Å². The molecule has 1 aliphatic rings. The zero-order valence-corrected chi connectivity index (χ0v) is 17.7. The SMILES string of the molecule is CCN(CC)CCCNC(=O)CCn1c(=O)c(N2CCCC2)nc2ccccc21. The summed E-state index contributed by atoms with van der Waals surface area (Å²) in [5.74, 6) is 0.501. The van der Waals surface area contributed by atoms with Gasteiger partial charge in [0.15, 0.2) is 5.82 Å². The van der Waals surface area contributed by atoms with E-state index < -0.39 is 0 Å². The van der Waals surface area contributed by atoms with Gasteiger partial charge < -0.3 is 19.7 Å². The quantitative estimate of drug-likeness (QED) is 0.621. The highest BCUT2D eigenvalue weighted by molar-refractivity contribution is 5.78. The van der Waals surface area contributed by atoms with E-state index in [0.29, 0.717) is 25.3 Å². The van der Waals surface area contributed by atoms with E-state index in [1.54, 1.807) is 4.57 Å². The van der Waals surface area contributed by atoms with Gasteiger partial charge in [0.1, 0.15) is 0 Å². The van der Waals surface area contributed by atoms with Crippen LogP contribution < -0.4 is 15.8 Å². The van der Waals surface area contributed by atoms with Crippen LogP contribution in [0, 0.1) is 0 Å². The third-order valence-electron chi connectivity index (χ3n) is 5.67. The third-order valence-corrected chi connectivity index (χ3v) is 5.67. The number of hydrogen-bond donors (Lipinski definition) is 1. The lowest BCUT2D eigenvalue weighted by Gasteiger charge is -2.19. The number of hydrogen-bond acceptors (Lipinski definition) is 5. The Morgan fingerprint density at radius 3 is 2.62 bits per heavy atom. The zero-order chi connectivity index (χ0) is 20.6. The number of fused-ring (bicyclic) bond motifs is 1. The van der Waals surface area contributed by atoms with Gasteiger partial charge in [0, 0.05) is 32.6 Å². The minimum Gasteiger partial charge on any atom is -0.356 e. The van der Waals surface area contributed by atoms with Crippen LogP contribution in [-0.2, 0) is 11.3 Å². The average Bonchev–Trinajstić information content (AvgIpc) is 3.27. The number of rotatable bonds is 10. The molecule has 2 aromatic rings. The molecular formula is C22H33N5O2. The smallest absolute Gasteiger partial charge is 0.294 e. The summed E-state index contributed by atoms with van der Waals surface area (Å²) in [6.07, 6.45) is 3.40. The lowest BCUT2D eigenvalue weighted by molar-refractivity contribution is -0.121. The molecule has 3 rings (SSSR count). The molecular weight excluding hydrogens is 366 g/mol. The number of carbonyl (C=O) groups excluding carboxylic acids is 1. The molecule has 0 atom stereocenters. The minimum absolute atomic E-state index is 0.0138. The van der Waals surface area contributed by atoms with E-state index in [1.807, 2.05) is 24.3 Å². The third kappa shape index (κ3) is 5.35. The topological polar surface area (TPSA) is 70.5 Å². The predicted octanol–water partition coefficient (Wildman–Crippen LogP) is 2.23. The molecule has 0 spiro atoms. The molecule has 0 saturated carbocycles. The molecule has 0 aliphatic carbocycles. The molecule has 7 heteroatoms. The maximum absolute atomic E-state index is 13.1. The van der Waals surface area contributed by atoms with Crippen molar-refractivity contribution in [3.8, 4) is 0 Å². The molecule has 1 amide bonds. The van der Waals surface area contributed by atoms with Crippen molar-refractivity contribution in [1.82, 2.24) is 19.8 Å². The van der Waals surface area contributed by atoms with E-state index in [1.165, 1.54) is 0 Å². The van der Waals surface area contributed by atoms with Gasteiger partial charge in [-0.3, -0.25) is 9.59 Å². The number of carbonyl (C=O) groups is 1. The molecule has 7 nitrogen and oxygen atoms in total. The summed E-state index contributed by atoms with van der Waals surface area (Å²) in [5.41, 5.74) is 1.49. The number of nitrogens with zero attached hydrogens (tertiary/aromatic N) is 4. The van der Waals surface area contributed by atoms with Gasteiger partial charge in [0.05, 0.1) is 11.0 Å².